The SMILES string of the molecule is CCOP1(=O)c2cc(C(F)(F)F)ccc2C(CC(=O)OC)N1c1ccccc1. The van der Waals surface area contributed by atoms with Gasteiger partial charge in [-0.2, -0.15) is 13.2 Å². The van der Waals surface area contributed by atoms with Crippen molar-refractivity contribution in [2.45, 2.75) is 25.6 Å². The first-order valence-corrected chi connectivity index (χ1v) is 10.2. The number of hydrogen-bond donors (Lipinski definition) is 0. The van der Waals surface area contributed by atoms with Crippen LogP contribution in [0.2, 0.25) is 0 Å². The Morgan fingerprint density at radius 2 is 1.86 bits per heavy atom. The smallest absolute Gasteiger partial charge is 0.416 e. The van der Waals surface area contributed by atoms with Gasteiger partial charge in [-0.05, 0) is 36.8 Å². The van der Waals surface area contributed by atoms with Crippen LogP contribution in [0, 0.1) is 0 Å². The maximum atomic E-state index is 13.9. The number of carbonyl (C=O) groups excluding carboxylic acids is 1. The maximum absolute atomic E-state index is 13.9. The Hall–Kier alpha value is -2.31. The summed E-state index contributed by atoms with van der Waals surface area (Å²) < 4.78 is 65.4. The Morgan fingerprint density at radius 1 is 1.18 bits per heavy atom. The zero-order valence-corrected chi connectivity index (χ0v) is 16.2. The Balaban J connectivity index is 2.23. The molecule has 2 aromatic rings. The van der Waals surface area contributed by atoms with Gasteiger partial charge in [0, 0.05) is 5.69 Å². The molecule has 0 bridgehead atoms. The van der Waals surface area contributed by atoms with E-state index in [1.807, 2.05) is 0 Å². The van der Waals surface area contributed by atoms with E-state index in [0.29, 0.717) is 11.3 Å². The van der Waals surface area contributed by atoms with Crippen molar-refractivity contribution in [2.24, 2.45) is 0 Å². The minimum absolute atomic E-state index is 0.0290. The van der Waals surface area contributed by atoms with Crippen LogP contribution in [0.25, 0.3) is 0 Å². The molecule has 28 heavy (non-hydrogen) atoms. The van der Waals surface area contributed by atoms with E-state index in [9.17, 15) is 22.5 Å². The first-order valence-electron chi connectivity index (χ1n) is 8.60. The monoisotopic (exact) mass is 413 g/mol. The largest absolute Gasteiger partial charge is 0.469 e. The average molecular weight is 413 g/mol. The number of halogens is 3. The van der Waals surface area contributed by atoms with Crippen molar-refractivity contribution in [3.8, 4) is 0 Å². The van der Waals surface area contributed by atoms with Crippen LogP contribution < -0.4 is 9.97 Å². The number of carbonyl (C=O) groups is 1. The van der Waals surface area contributed by atoms with Crippen LogP contribution in [-0.4, -0.2) is 19.7 Å². The lowest BCUT2D eigenvalue weighted by molar-refractivity contribution is -0.141. The number of alkyl halides is 3. The van der Waals surface area contributed by atoms with Crippen molar-refractivity contribution in [3.63, 3.8) is 0 Å². The topological polar surface area (TPSA) is 55.8 Å². The van der Waals surface area contributed by atoms with Crippen LogP contribution in [0.5, 0.6) is 0 Å². The number of para-hydroxylation sites is 1. The molecule has 1 heterocycles. The number of ether oxygens (including phenoxy) is 1. The summed E-state index contributed by atoms with van der Waals surface area (Å²) in [5, 5.41) is -0.0399. The van der Waals surface area contributed by atoms with Crippen LogP contribution in [0.3, 0.4) is 0 Å². The Labute approximate surface area is 160 Å². The summed E-state index contributed by atoms with van der Waals surface area (Å²) in [6.45, 7) is 1.64. The Bertz CT molecular complexity index is 917. The molecule has 1 aliphatic rings. The fourth-order valence-corrected chi connectivity index (χ4v) is 6.04. The van der Waals surface area contributed by atoms with Crippen LogP contribution in [0.15, 0.2) is 48.5 Å². The number of esters is 1. The molecule has 0 saturated carbocycles. The molecule has 0 N–H and O–H groups in total. The maximum Gasteiger partial charge on any atom is 0.416 e. The first kappa shape index (κ1) is 20.4. The van der Waals surface area contributed by atoms with Gasteiger partial charge in [0.25, 0.3) is 0 Å². The summed E-state index contributed by atoms with van der Waals surface area (Å²) in [5.74, 6) is -0.568. The zero-order chi connectivity index (χ0) is 20.5. The van der Waals surface area contributed by atoms with Crippen molar-refractivity contribution in [1.29, 1.82) is 0 Å². The van der Waals surface area contributed by atoms with Crippen molar-refractivity contribution in [3.05, 3.63) is 59.7 Å². The predicted molar refractivity (Wildman–Crippen MR) is 98.6 cm³/mol. The normalized spacial score (nSPS) is 21.5. The highest BCUT2D eigenvalue weighted by Crippen LogP contribution is 2.62. The van der Waals surface area contributed by atoms with E-state index in [1.165, 1.54) is 17.8 Å². The summed E-state index contributed by atoms with van der Waals surface area (Å²) in [5.41, 5.74) is -0.0742. The van der Waals surface area contributed by atoms with E-state index in [2.05, 4.69) is 0 Å². The molecule has 0 radical (unpaired) electrons. The predicted octanol–water partition coefficient (Wildman–Crippen LogP) is 4.68. The van der Waals surface area contributed by atoms with Gasteiger partial charge >= 0.3 is 19.7 Å². The highest BCUT2D eigenvalue weighted by Gasteiger charge is 2.50. The molecule has 2 aromatic carbocycles. The molecule has 9 heteroatoms. The molecule has 0 fully saturated rings. The van der Waals surface area contributed by atoms with Crippen molar-refractivity contribution in [1.82, 2.24) is 0 Å². The molecule has 0 spiro atoms. The highest BCUT2D eigenvalue weighted by molar-refractivity contribution is 7.69. The minimum atomic E-state index is -4.59. The number of nitrogens with zero attached hydrogens (tertiary/aromatic N) is 1. The molecule has 0 amide bonds. The summed E-state index contributed by atoms with van der Waals surface area (Å²) in [4.78, 5) is 12.0. The number of methoxy groups -OCH3 is 1. The zero-order valence-electron chi connectivity index (χ0n) is 15.3. The average Bonchev–Trinajstić information content (AvgIpc) is 2.90. The first-order chi connectivity index (χ1) is 13.2. The quantitative estimate of drug-likeness (QED) is 0.526. The number of fused-ring (bicyclic) bond motifs is 1. The van der Waals surface area contributed by atoms with Gasteiger partial charge in [0.2, 0.25) is 0 Å². The third-order valence-corrected chi connectivity index (χ3v) is 7.19. The van der Waals surface area contributed by atoms with Gasteiger partial charge in [0.15, 0.2) is 0 Å². The van der Waals surface area contributed by atoms with E-state index in [-0.39, 0.29) is 18.3 Å². The van der Waals surface area contributed by atoms with Crippen LogP contribution in [0.4, 0.5) is 18.9 Å². The van der Waals surface area contributed by atoms with Gasteiger partial charge < -0.3 is 9.26 Å². The third-order valence-electron chi connectivity index (χ3n) is 4.51. The molecule has 0 saturated heterocycles. The lowest BCUT2D eigenvalue weighted by Crippen LogP contribution is -2.24. The van der Waals surface area contributed by atoms with E-state index in [0.717, 1.165) is 12.1 Å². The molecular formula is C19H19F3NO4P. The summed E-state index contributed by atoms with van der Waals surface area (Å²) in [6, 6.07) is 10.8. The second kappa shape index (κ2) is 7.60. The van der Waals surface area contributed by atoms with E-state index in [1.54, 1.807) is 37.3 Å². The Morgan fingerprint density at radius 3 is 2.43 bits per heavy atom. The molecule has 2 unspecified atom stereocenters. The van der Waals surface area contributed by atoms with Gasteiger partial charge in [0.05, 0.1) is 37.0 Å². The lowest BCUT2D eigenvalue weighted by atomic mass is 10.0. The van der Waals surface area contributed by atoms with Crippen LogP contribution in [-0.2, 0) is 24.8 Å². The van der Waals surface area contributed by atoms with Gasteiger partial charge in [-0.3, -0.25) is 14.0 Å². The fraction of sp³-hybridized carbons (Fsp3) is 0.316. The summed E-state index contributed by atoms with van der Waals surface area (Å²) in [7, 11) is -2.66. The molecule has 0 aromatic heterocycles. The fourth-order valence-electron chi connectivity index (χ4n) is 3.33. The van der Waals surface area contributed by atoms with Crippen molar-refractivity contribution in [2.75, 3.05) is 18.4 Å². The van der Waals surface area contributed by atoms with Crippen LogP contribution in [0.1, 0.15) is 30.5 Å². The minimum Gasteiger partial charge on any atom is -0.469 e. The molecular weight excluding hydrogens is 394 g/mol. The van der Waals surface area contributed by atoms with E-state index >= 15 is 0 Å². The van der Waals surface area contributed by atoms with Crippen molar-refractivity contribution < 1.29 is 31.8 Å². The standard InChI is InChI=1S/C19H19F3NO4P/c1-3-27-28(25)17-11-13(19(20,21)22)9-10-15(17)16(12-18(24)26-2)23(28)14-7-5-4-6-8-14/h4-11,16H,3,12H2,1-2H3. The molecule has 3 rings (SSSR count). The van der Waals surface area contributed by atoms with Crippen molar-refractivity contribution >= 4 is 24.5 Å². The van der Waals surface area contributed by atoms with E-state index in [4.69, 9.17) is 9.26 Å². The third kappa shape index (κ3) is 3.54. The summed E-state index contributed by atoms with van der Waals surface area (Å²) in [6.07, 6.45) is -4.77. The molecule has 150 valence electrons. The highest BCUT2D eigenvalue weighted by atomic mass is 31.2. The molecule has 0 aliphatic carbocycles. The van der Waals surface area contributed by atoms with Gasteiger partial charge in [-0.15, -0.1) is 0 Å². The number of anilines is 1. The second-order valence-electron chi connectivity index (χ2n) is 6.19. The number of benzene rings is 2. The van der Waals surface area contributed by atoms with E-state index < -0.39 is 31.3 Å². The second-order valence-corrected chi connectivity index (χ2v) is 8.40. The van der Waals surface area contributed by atoms with Gasteiger partial charge in [-0.1, -0.05) is 24.3 Å². The van der Waals surface area contributed by atoms with Gasteiger partial charge in [-0.25, -0.2) is 0 Å². The number of rotatable bonds is 5. The van der Waals surface area contributed by atoms with Gasteiger partial charge in [0.1, 0.15) is 0 Å². The molecule has 2 atom stereocenters. The van der Waals surface area contributed by atoms with Crippen LogP contribution >= 0.6 is 7.52 Å². The molecule has 1 aliphatic heterocycles. The molecule has 5 nitrogen and oxygen atoms in total. The number of hydrogen-bond acceptors (Lipinski definition) is 4. The lowest BCUT2D eigenvalue weighted by Gasteiger charge is -2.31. The Kier molecular flexibility index (Phi) is 5.55. The summed E-state index contributed by atoms with van der Waals surface area (Å²) >= 11 is 0.